The molecule has 106 valence electrons. The Morgan fingerprint density at radius 3 is 2.37 bits per heavy atom. The number of halogens is 1. The smallest absolute Gasteiger partial charge is 0.261 e. The topological polar surface area (TPSA) is 63.2 Å². The first kappa shape index (κ1) is 16.0. The second kappa shape index (κ2) is 5.92. The lowest BCUT2D eigenvalue weighted by atomic mass is 9.98. The molecule has 4 nitrogen and oxygen atoms in total. The summed E-state index contributed by atoms with van der Waals surface area (Å²) < 4.78 is 22.9. The molecule has 1 rings (SSSR count). The molecule has 0 saturated heterocycles. The molecule has 0 aliphatic carbocycles. The number of anilines is 1. The first-order valence-electron chi connectivity index (χ1n) is 6.05. The summed E-state index contributed by atoms with van der Waals surface area (Å²) in [5, 5.41) is 2.81. The average Bonchev–Trinajstić information content (AvgIpc) is 2.29. The standard InChI is InChI=1S/C13H18ClNO3S/c1-5-12(16)15-13-9(4)6-10(19(14,17)18)7-11(13)8(2)3/h6-8H,5H2,1-4H3,(H,15,16). The maximum absolute atomic E-state index is 11.5. The van der Waals surface area contributed by atoms with Gasteiger partial charge in [-0.1, -0.05) is 20.8 Å². The third kappa shape index (κ3) is 3.94. The molecule has 6 heteroatoms. The summed E-state index contributed by atoms with van der Waals surface area (Å²) in [7, 11) is 1.60. The SMILES string of the molecule is CCC(=O)Nc1c(C)cc(S(=O)(=O)Cl)cc1C(C)C. The van der Waals surface area contributed by atoms with Gasteiger partial charge >= 0.3 is 0 Å². The van der Waals surface area contributed by atoms with Crippen molar-refractivity contribution in [1.29, 1.82) is 0 Å². The molecule has 0 aliphatic heterocycles. The minimum absolute atomic E-state index is 0.0601. The largest absolute Gasteiger partial charge is 0.326 e. The number of hydrogen-bond acceptors (Lipinski definition) is 3. The van der Waals surface area contributed by atoms with Gasteiger partial charge in [-0.05, 0) is 36.1 Å². The summed E-state index contributed by atoms with van der Waals surface area (Å²) in [6, 6.07) is 2.99. The fourth-order valence-corrected chi connectivity index (χ4v) is 2.63. The highest BCUT2D eigenvalue weighted by atomic mass is 35.7. The lowest BCUT2D eigenvalue weighted by molar-refractivity contribution is -0.115. The highest BCUT2D eigenvalue weighted by molar-refractivity contribution is 8.13. The van der Waals surface area contributed by atoms with E-state index in [-0.39, 0.29) is 16.7 Å². The maximum atomic E-state index is 11.5. The molecule has 0 unspecified atom stereocenters. The maximum Gasteiger partial charge on any atom is 0.261 e. The number of benzene rings is 1. The molecule has 0 bridgehead atoms. The van der Waals surface area contributed by atoms with Crippen LogP contribution in [0.4, 0.5) is 5.69 Å². The third-order valence-corrected chi connectivity index (χ3v) is 4.16. The Morgan fingerprint density at radius 2 is 1.95 bits per heavy atom. The number of rotatable bonds is 4. The van der Waals surface area contributed by atoms with Gasteiger partial charge in [0.25, 0.3) is 9.05 Å². The van der Waals surface area contributed by atoms with E-state index in [9.17, 15) is 13.2 Å². The van der Waals surface area contributed by atoms with E-state index in [1.54, 1.807) is 13.8 Å². The van der Waals surface area contributed by atoms with E-state index in [0.29, 0.717) is 17.7 Å². The minimum atomic E-state index is -3.77. The van der Waals surface area contributed by atoms with Crippen molar-refractivity contribution in [2.75, 3.05) is 5.32 Å². The van der Waals surface area contributed by atoms with Gasteiger partial charge in [0.2, 0.25) is 5.91 Å². The lowest BCUT2D eigenvalue weighted by Gasteiger charge is -2.17. The molecule has 0 fully saturated rings. The molecule has 1 N–H and O–H groups in total. The third-order valence-electron chi connectivity index (χ3n) is 2.83. The predicted octanol–water partition coefficient (Wildman–Crippen LogP) is 3.39. The van der Waals surface area contributed by atoms with E-state index in [1.807, 2.05) is 13.8 Å². The van der Waals surface area contributed by atoms with Gasteiger partial charge < -0.3 is 5.32 Å². The zero-order valence-electron chi connectivity index (χ0n) is 11.5. The van der Waals surface area contributed by atoms with Crippen molar-refractivity contribution in [2.24, 2.45) is 0 Å². The van der Waals surface area contributed by atoms with Crippen LogP contribution >= 0.6 is 10.7 Å². The fourth-order valence-electron chi connectivity index (χ4n) is 1.77. The first-order chi connectivity index (χ1) is 8.66. The molecule has 0 saturated carbocycles. The van der Waals surface area contributed by atoms with Crippen molar-refractivity contribution < 1.29 is 13.2 Å². The van der Waals surface area contributed by atoms with Crippen molar-refractivity contribution in [3.63, 3.8) is 0 Å². The second-order valence-corrected chi connectivity index (χ2v) is 7.26. The monoisotopic (exact) mass is 303 g/mol. The molecule has 19 heavy (non-hydrogen) atoms. The molecule has 1 aromatic rings. The second-order valence-electron chi connectivity index (χ2n) is 4.70. The first-order valence-corrected chi connectivity index (χ1v) is 8.36. The molecule has 1 amide bonds. The van der Waals surface area contributed by atoms with Crippen LogP contribution in [0.2, 0.25) is 0 Å². The quantitative estimate of drug-likeness (QED) is 0.867. The Kier molecular flexibility index (Phi) is 4.98. The summed E-state index contributed by atoms with van der Waals surface area (Å²) in [5.74, 6) is -0.0318. The fraction of sp³-hybridized carbons (Fsp3) is 0.462. The molecular formula is C13H18ClNO3S. The van der Waals surface area contributed by atoms with Gasteiger partial charge in [0.05, 0.1) is 4.90 Å². The van der Waals surface area contributed by atoms with Crippen LogP contribution in [-0.4, -0.2) is 14.3 Å². The van der Waals surface area contributed by atoms with Crippen LogP contribution < -0.4 is 5.32 Å². The summed E-state index contributed by atoms with van der Waals surface area (Å²) in [5.41, 5.74) is 2.12. The summed E-state index contributed by atoms with van der Waals surface area (Å²) in [4.78, 5) is 11.6. The van der Waals surface area contributed by atoms with Gasteiger partial charge in [0.1, 0.15) is 0 Å². The molecule has 0 aromatic heterocycles. The lowest BCUT2D eigenvalue weighted by Crippen LogP contribution is -2.13. The van der Waals surface area contributed by atoms with Crippen molar-refractivity contribution in [3.8, 4) is 0 Å². The predicted molar refractivity (Wildman–Crippen MR) is 77.2 cm³/mol. The van der Waals surface area contributed by atoms with Gasteiger partial charge in [-0.25, -0.2) is 8.42 Å². The Morgan fingerprint density at radius 1 is 1.37 bits per heavy atom. The van der Waals surface area contributed by atoms with Gasteiger partial charge in [-0.2, -0.15) is 0 Å². The number of carbonyl (C=O) groups is 1. The summed E-state index contributed by atoms with van der Waals surface area (Å²) >= 11 is 0. The Hall–Kier alpha value is -1.07. The molecule has 1 aromatic carbocycles. The van der Waals surface area contributed by atoms with Crippen molar-refractivity contribution >= 4 is 31.3 Å². The number of hydrogen-bond donors (Lipinski definition) is 1. The van der Waals surface area contributed by atoms with Gasteiger partial charge in [-0.15, -0.1) is 0 Å². The number of nitrogens with one attached hydrogen (secondary N) is 1. The number of carbonyl (C=O) groups excluding carboxylic acids is 1. The Balaban J connectivity index is 3.44. The molecule has 0 aliphatic rings. The molecule has 0 spiro atoms. The van der Waals surface area contributed by atoms with Gasteiger partial charge in [-0.3, -0.25) is 4.79 Å². The van der Waals surface area contributed by atoms with Crippen LogP contribution in [0.15, 0.2) is 17.0 Å². The van der Waals surface area contributed by atoms with Crippen molar-refractivity contribution in [3.05, 3.63) is 23.3 Å². The average molecular weight is 304 g/mol. The Bertz CT molecular complexity index is 594. The van der Waals surface area contributed by atoms with Crippen LogP contribution in [0, 0.1) is 6.92 Å². The summed E-state index contributed by atoms with van der Waals surface area (Å²) in [6.45, 7) is 7.38. The van der Waals surface area contributed by atoms with Crippen LogP contribution in [0.5, 0.6) is 0 Å². The van der Waals surface area contributed by atoms with E-state index < -0.39 is 9.05 Å². The summed E-state index contributed by atoms with van der Waals surface area (Å²) in [6.07, 6.45) is 0.368. The van der Waals surface area contributed by atoms with E-state index in [0.717, 1.165) is 5.56 Å². The highest BCUT2D eigenvalue weighted by Crippen LogP contribution is 2.32. The van der Waals surface area contributed by atoms with Crippen molar-refractivity contribution in [1.82, 2.24) is 0 Å². The molecule has 0 atom stereocenters. The van der Waals surface area contributed by atoms with E-state index in [2.05, 4.69) is 5.32 Å². The normalized spacial score (nSPS) is 11.7. The highest BCUT2D eigenvalue weighted by Gasteiger charge is 2.18. The van der Waals surface area contributed by atoms with Gasteiger partial charge in [0.15, 0.2) is 0 Å². The number of amides is 1. The Labute approximate surface area is 118 Å². The van der Waals surface area contributed by atoms with E-state index >= 15 is 0 Å². The van der Waals surface area contributed by atoms with Gasteiger partial charge in [0, 0.05) is 22.8 Å². The zero-order chi connectivity index (χ0) is 14.8. The number of aryl methyl sites for hydroxylation is 1. The molecule has 0 radical (unpaired) electrons. The zero-order valence-corrected chi connectivity index (χ0v) is 13.0. The van der Waals surface area contributed by atoms with Crippen LogP contribution in [0.3, 0.4) is 0 Å². The van der Waals surface area contributed by atoms with E-state index in [1.165, 1.54) is 12.1 Å². The van der Waals surface area contributed by atoms with Crippen LogP contribution in [-0.2, 0) is 13.8 Å². The van der Waals surface area contributed by atoms with Crippen LogP contribution in [0.1, 0.15) is 44.2 Å². The molecule has 0 heterocycles. The minimum Gasteiger partial charge on any atom is -0.326 e. The molecular weight excluding hydrogens is 286 g/mol. The van der Waals surface area contributed by atoms with E-state index in [4.69, 9.17) is 10.7 Å². The van der Waals surface area contributed by atoms with Crippen molar-refractivity contribution in [2.45, 2.75) is 44.9 Å². The van der Waals surface area contributed by atoms with Crippen LogP contribution in [0.25, 0.3) is 0 Å².